The van der Waals surface area contributed by atoms with Gasteiger partial charge in [0.25, 0.3) is 0 Å². The molecule has 1 aromatic carbocycles. The van der Waals surface area contributed by atoms with Gasteiger partial charge < -0.3 is 4.57 Å². The maximum Gasteiger partial charge on any atom is 0.0560 e. The van der Waals surface area contributed by atoms with E-state index in [4.69, 9.17) is 0 Å². The maximum absolute atomic E-state index is 2.69. The van der Waals surface area contributed by atoms with Gasteiger partial charge in [0.15, 0.2) is 0 Å². The molecule has 4 aliphatic rings. The summed E-state index contributed by atoms with van der Waals surface area (Å²) in [7, 11) is 0. The van der Waals surface area contributed by atoms with Crippen LogP contribution in [0, 0.1) is 23.2 Å². The summed E-state index contributed by atoms with van der Waals surface area (Å²) in [5, 5.41) is 1.43. The third kappa shape index (κ3) is 2.46. The van der Waals surface area contributed by atoms with Crippen molar-refractivity contribution in [1.82, 2.24) is 4.57 Å². The Hall–Kier alpha value is -2.02. The number of aromatic nitrogens is 1. The molecule has 1 saturated carbocycles. The summed E-state index contributed by atoms with van der Waals surface area (Å²) in [5.41, 5.74) is 8.27. The third-order valence-electron chi connectivity index (χ3n) is 8.70. The van der Waals surface area contributed by atoms with E-state index in [-0.39, 0.29) is 0 Å². The Kier molecular flexibility index (Phi) is 3.83. The van der Waals surface area contributed by atoms with Crippen LogP contribution >= 0.6 is 0 Å². The average Bonchev–Trinajstić information content (AvgIpc) is 3.18. The van der Waals surface area contributed by atoms with Gasteiger partial charge >= 0.3 is 0 Å². The van der Waals surface area contributed by atoms with Crippen LogP contribution < -0.4 is 0 Å². The van der Waals surface area contributed by atoms with Crippen molar-refractivity contribution in [3.8, 4) is 0 Å². The third-order valence-corrected chi connectivity index (χ3v) is 8.70. The zero-order chi connectivity index (χ0) is 19.8. The van der Waals surface area contributed by atoms with Crippen molar-refractivity contribution in [2.45, 2.75) is 65.3 Å². The van der Waals surface area contributed by atoms with Crippen molar-refractivity contribution in [2.75, 3.05) is 0 Å². The molecule has 1 heterocycles. The van der Waals surface area contributed by atoms with Crippen LogP contribution in [0.25, 0.3) is 17.0 Å². The molecule has 1 nitrogen and oxygen atoms in total. The molecule has 29 heavy (non-hydrogen) atoms. The summed E-state index contributed by atoms with van der Waals surface area (Å²) in [6, 6.07) is 9.51. The van der Waals surface area contributed by atoms with Crippen molar-refractivity contribution in [2.24, 2.45) is 23.2 Å². The molecular weight excluding hydrogens is 350 g/mol. The molecule has 2 aromatic rings. The molecule has 4 atom stereocenters. The van der Waals surface area contributed by atoms with E-state index < -0.39 is 0 Å². The van der Waals surface area contributed by atoms with E-state index in [0.29, 0.717) is 11.5 Å². The molecule has 0 amide bonds. The fourth-order valence-corrected chi connectivity index (χ4v) is 7.23. The van der Waals surface area contributed by atoms with E-state index in [0.717, 1.165) is 17.8 Å². The van der Waals surface area contributed by atoms with Crippen LogP contribution in [0.2, 0.25) is 0 Å². The van der Waals surface area contributed by atoms with Crippen LogP contribution in [-0.4, -0.2) is 4.57 Å². The number of rotatable bonds is 1. The molecular formula is C28H33N. The van der Waals surface area contributed by atoms with E-state index in [1.165, 1.54) is 55.0 Å². The number of benzene rings is 1. The summed E-state index contributed by atoms with van der Waals surface area (Å²) in [6.45, 7) is 7.56. The summed E-state index contributed by atoms with van der Waals surface area (Å²) in [6.07, 6.45) is 17.6. The average molecular weight is 384 g/mol. The van der Waals surface area contributed by atoms with Gasteiger partial charge in [-0.25, -0.2) is 0 Å². The Morgan fingerprint density at radius 1 is 1.07 bits per heavy atom. The smallest absolute Gasteiger partial charge is 0.0560 e. The standard InChI is InChI=1S/C28H33N/c1-18-12-14-20-21-15-13-19(17-25(21)28(2,3)24(20)16-18)29-26-10-6-4-8-22(26)23-9-5-7-11-27(23)29/h4-6,8-10,13,15,18-20,24H,7,11-12,14,16-17H2,1-3H3. The lowest BCUT2D eigenvalue weighted by Crippen LogP contribution is -2.31. The number of allylic oxidation sites excluding steroid dienone is 5. The van der Waals surface area contributed by atoms with E-state index in [9.17, 15) is 0 Å². The van der Waals surface area contributed by atoms with Crippen LogP contribution in [0.1, 0.15) is 70.2 Å². The van der Waals surface area contributed by atoms with Gasteiger partial charge in [-0.15, -0.1) is 0 Å². The molecule has 1 fully saturated rings. The Morgan fingerprint density at radius 3 is 2.83 bits per heavy atom. The molecule has 0 saturated heterocycles. The van der Waals surface area contributed by atoms with Crippen LogP contribution in [0.5, 0.6) is 0 Å². The first-order chi connectivity index (χ1) is 14.1. The molecule has 4 aliphatic carbocycles. The molecule has 0 radical (unpaired) electrons. The van der Waals surface area contributed by atoms with Gasteiger partial charge in [0, 0.05) is 22.2 Å². The molecule has 0 N–H and O–H groups in total. The second kappa shape index (κ2) is 6.24. The minimum absolute atomic E-state index is 0.348. The predicted octanol–water partition coefficient (Wildman–Crippen LogP) is 7.49. The molecule has 0 bridgehead atoms. The summed E-state index contributed by atoms with van der Waals surface area (Å²) in [5.74, 6) is 2.55. The number of fused-ring (bicyclic) bond motifs is 5. The lowest BCUT2D eigenvalue weighted by molar-refractivity contribution is 0.138. The summed E-state index contributed by atoms with van der Waals surface area (Å²) >= 11 is 0. The highest BCUT2D eigenvalue weighted by Gasteiger charge is 2.49. The first-order valence-corrected chi connectivity index (χ1v) is 11.8. The summed E-state index contributed by atoms with van der Waals surface area (Å²) in [4.78, 5) is 0. The van der Waals surface area contributed by atoms with Crippen molar-refractivity contribution < 1.29 is 0 Å². The Bertz CT molecular complexity index is 1070. The fourth-order valence-electron chi connectivity index (χ4n) is 7.23. The monoisotopic (exact) mass is 383 g/mol. The van der Waals surface area contributed by atoms with Crippen LogP contribution in [0.15, 0.2) is 53.6 Å². The highest BCUT2D eigenvalue weighted by atomic mass is 15.0. The normalized spacial score (nSPS) is 32.4. The molecule has 0 spiro atoms. The largest absolute Gasteiger partial charge is 0.337 e. The predicted molar refractivity (Wildman–Crippen MR) is 123 cm³/mol. The topological polar surface area (TPSA) is 4.93 Å². The molecule has 1 heteroatoms. The lowest BCUT2D eigenvalue weighted by atomic mass is 9.65. The van der Waals surface area contributed by atoms with Crippen molar-refractivity contribution in [1.29, 1.82) is 0 Å². The van der Waals surface area contributed by atoms with Gasteiger partial charge in [0.2, 0.25) is 0 Å². The van der Waals surface area contributed by atoms with Crippen molar-refractivity contribution in [3.05, 3.63) is 64.9 Å². The van der Waals surface area contributed by atoms with Gasteiger partial charge in [0.1, 0.15) is 0 Å². The number of hydrogen-bond donors (Lipinski definition) is 0. The number of nitrogens with zero attached hydrogens (tertiary/aromatic N) is 1. The lowest BCUT2D eigenvalue weighted by Gasteiger charge is -2.39. The molecule has 6 rings (SSSR count). The van der Waals surface area contributed by atoms with E-state index in [1.807, 2.05) is 0 Å². The van der Waals surface area contributed by atoms with Crippen LogP contribution in [0.3, 0.4) is 0 Å². The number of hydrogen-bond acceptors (Lipinski definition) is 0. The zero-order valence-electron chi connectivity index (χ0n) is 18.1. The number of para-hydroxylation sites is 1. The molecule has 1 aromatic heterocycles. The van der Waals surface area contributed by atoms with Crippen LogP contribution in [0.4, 0.5) is 0 Å². The molecule has 0 aliphatic heterocycles. The first kappa shape index (κ1) is 17.8. The summed E-state index contributed by atoms with van der Waals surface area (Å²) < 4.78 is 2.69. The van der Waals surface area contributed by atoms with Gasteiger partial charge in [-0.05, 0) is 66.9 Å². The Labute approximate surface area is 175 Å². The SMILES string of the molecule is CC1CCC2C3=C(CC(n4c5c(c6ccccc64)C=CCC5)C=C3)C(C)(C)C2C1. The molecule has 4 unspecified atom stereocenters. The van der Waals surface area contributed by atoms with E-state index in [1.54, 1.807) is 16.8 Å². The quantitative estimate of drug-likeness (QED) is 0.481. The second-order valence-electron chi connectivity index (χ2n) is 10.6. The first-order valence-electron chi connectivity index (χ1n) is 11.8. The second-order valence-corrected chi connectivity index (χ2v) is 10.6. The van der Waals surface area contributed by atoms with Gasteiger partial charge in [-0.1, -0.05) is 75.3 Å². The van der Waals surface area contributed by atoms with Crippen molar-refractivity contribution in [3.63, 3.8) is 0 Å². The van der Waals surface area contributed by atoms with Crippen LogP contribution in [-0.2, 0) is 6.42 Å². The maximum atomic E-state index is 2.69. The Balaban J connectivity index is 1.44. The van der Waals surface area contributed by atoms with E-state index >= 15 is 0 Å². The Morgan fingerprint density at radius 2 is 1.93 bits per heavy atom. The highest BCUT2D eigenvalue weighted by molar-refractivity contribution is 5.92. The van der Waals surface area contributed by atoms with Gasteiger partial charge in [-0.3, -0.25) is 0 Å². The van der Waals surface area contributed by atoms with E-state index in [2.05, 4.69) is 73.9 Å². The van der Waals surface area contributed by atoms with Gasteiger partial charge in [0.05, 0.1) is 6.04 Å². The molecule has 150 valence electrons. The fraction of sp³-hybridized carbons (Fsp3) is 0.500. The zero-order valence-corrected chi connectivity index (χ0v) is 18.1. The minimum Gasteiger partial charge on any atom is -0.337 e. The minimum atomic E-state index is 0.348. The highest BCUT2D eigenvalue weighted by Crippen LogP contribution is 2.60. The van der Waals surface area contributed by atoms with Gasteiger partial charge in [-0.2, -0.15) is 0 Å². The van der Waals surface area contributed by atoms with Crippen molar-refractivity contribution >= 4 is 17.0 Å².